The Morgan fingerprint density at radius 3 is 2.65 bits per heavy atom. The zero-order chi connectivity index (χ0) is 17.9. The average Bonchev–Trinajstić information content (AvgIpc) is 3.14. The molecule has 3 aromatic rings. The van der Waals surface area contributed by atoms with Gasteiger partial charge in [-0.25, -0.2) is 9.37 Å². The highest BCUT2D eigenvalue weighted by molar-refractivity contribution is 5.81. The van der Waals surface area contributed by atoms with E-state index in [1.165, 1.54) is 12.1 Å². The minimum atomic E-state index is -0.255. The van der Waals surface area contributed by atoms with Crippen LogP contribution in [-0.2, 0) is 0 Å². The molecule has 3 heterocycles. The van der Waals surface area contributed by atoms with Crippen LogP contribution < -0.4 is 10.1 Å². The van der Waals surface area contributed by atoms with Gasteiger partial charge in [0.2, 0.25) is 0 Å². The van der Waals surface area contributed by atoms with Crippen LogP contribution >= 0.6 is 0 Å². The Labute approximate surface area is 151 Å². The Morgan fingerprint density at radius 2 is 1.92 bits per heavy atom. The first kappa shape index (κ1) is 16.7. The summed E-state index contributed by atoms with van der Waals surface area (Å²) in [4.78, 5) is 8.86. The van der Waals surface area contributed by atoms with Gasteiger partial charge in [0, 0.05) is 23.4 Å². The third-order valence-corrected chi connectivity index (χ3v) is 4.87. The van der Waals surface area contributed by atoms with Gasteiger partial charge in [-0.15, -0.1) is 0 Å². The van der Waals surface area contributed by atoms with Gasteiger partial charge in [0.25, 0.3) is 0 Å². The average molecular weight is 352 g/mol. The summed E-state index contributed by atoms with van der Waals surface area (Å²) in [7, 11) is 1.64. The highest BCUT2D eigenvalue weighted by Crippen LogP contribution is 2.39. The number of piperidine rings is 1. The lowest BCUT2D eigenvalue weighted by Crippen LogP contribution is -2.29. The fourth-order valence-corrected chi connectivity index (χ4v) is 3.55. The molecule has 1 fully saturated rings. The van der Waals surface area contributed by atoms with E-state index in [9.17, 15) is 4.39 Å². The standard InChI is InChI=1S/C20H21FN4O/c1-26-18-12-23-11-8-17(18)20-19(14-2-4-15(21)5-3-14)24-13-25(20)16-6-9-22-10-7-16/h2-5,8,11-13,16,22H,6-7,9-10H2,1H3. The van der Waals surface area contributed by atoms with Crippen LogP contribution in [0.5, 0.6) is 5.75 Å². The molecule has 0 aliphatic carbocycles. The highest BCUT2D eigenvalue weighted by Gasteiger charge is 2.24. The summed E-state index contributed by atoms with van der Waals surface area (Å²) in [5.41, 5.74) is 3.64. The van der Waals surface area contributed by atoms with Crippen LogP contribution in [0.25, 0.3) is 22.5 Å². The first-order valence-electron chi connectivity index (χ1n) is 8.80. The molecule has 0 atom stereocenters. The van der Waals surface area contributed by atoms with Crippen molar-refractivity contribution >= 4 is 0 Å². The van der Waals surface area contributed by atoms with Crippen LogP contribution in [0.1, 0.15) is 18.9 Å². The third kappa shape index (κ3) is 3.08. The number of nitrogens with zero attached hydrogens (tertiary/aromatic N) is 3. The fraction of sp³-hybridized carbons (Fsp3) is 0.300. The second-order valence-corrected chi connectivity index (χ2v) is 6.41. The summed E-state index contributed by atoms with van der Waals surface area (Å²) in [5, 5.41) is 3.40. The predicted octanol–water partition coefficient (Wildman–Crippen LogP) is 3.68. The molecule has 0 amide bonds. The lowest BCUT2D eigenvalue weighted by molar-refractivity contribution is 0.369. The van der Waals surface area contributed by atoms with Crippen molar-refractivity contribution in [3.05, 3.63) is 54.9 Å². The molecule has 1 N–H and O–H groups in total. The van der Waals surface area contributed by atoms with Crippen molar-refractivity contribution in [2.75, 3.05) is 20.2 Å². The van der Waals surface area contributed by atoms with Crippen molar-refractivity contribution in [3.63, 3.8) is 0 Å². The normalized spacial score (nSPS) is 15.2. The first-order chi connectivity index (χ1) is 12.8. The van der Waals surface area contributed by atoms with Crippen LogP contribution in [0.4, 0.5) is 4.39 Å². The van der Waals surface area contributed by atoms with E-state index in [4.69, 9.17) is 4.74 Å². The van der Waals surface area contributed by atoms with Crippen molar-refractivity contribution in [1.29, 1.82) is 0 Å². The van der Waals surface area contributed by atoms with E-state index >= 15 is 0 Å². The molecule has 1 aliphatic rings. The second kappa shape index (κ2) is 7.25. The Kier molecular flexibility index (Phi) is 4.67. The van der Waals surface area contributed by atoms with Crippen LogP contribution in [-0.4, -0.2) is 34.7 Å². The van der Waals surface area contributed by atoms with E-state index in [1.807, 2.05) is 12.4 Å². The number of benzene rings is 1. The summed E-state index contributed by atoms with van der Waals surface area (Å²) in [6.07, 6.45) is 7.44. The summed E-state index contributed by atoms with van der Waals surface area (Å²) in [6, 6.07) is 8.77. The van der Waals surface area contributed by atoms with Crippen molar-refractivity contribution in [1.82, 2.24) is 19.9 Å². The summed E-state index contributed by atoms with van der Waals surface area (Å²) >= 11 is 0. The lowest BCUT2D eigenvalue weighted by atomic mass is 10.0. The molecular formula is C20H21FN4O. The van der Waals surface area contributed by atoms with E-state index in [0.29, 0.717) is 11.8 Å². The minimum Gasteiger partial charge on any atom is -0.494 e. The van der Waals surface area contributed by atoms with Gasteiger partial charge in [-0.05, 0) is 56.3 Å². The van der Waals surface area contributed by atoms with Gasteiger partial charge in [-0.1, -0.05) is 0 Å². The minimum absolute atomic E-state index is 0.255. The van der Waals surface area contributed by atoms with Crippen molar-refractivity contribution in [3.8, 4) is 28.3 Å². The quantitative estimate of drug-likeness (QED) is 0.778. The highest BCUT2D eigenvalue weighted by atomic mass is 19.1. The lowest BCUT2D eigenvalue weighted by Gasteiger charge is -2.26. The van der Waals surface area contributed by atoms with E-state index in [-0.39, 0.29) is 5.82 Å². The maximum atomic E-state index is 13.4. The zero-order valence-corrected chi connectivity index (χ0v) is 14.7. The molecule has 0 saturated carbocycles. The van der Waals surface area contributed by atoms with Crippen LogP contribution in [0, 0.1) is 5.82 Å². The van der Waals surface area contributed by atoms with Crippen LogP contribution in [0.2, 0.25) is 0 Å². The molecule has 5 nitrogen and oxygen atoms in total. The summed E-state index contributed by atoms with van der Waals surface area (Å²) < 4.78 is 21.2. The number of ether oxygens (including phenoxy) is 1. The number of halogens is 1. The maximum Gasteiger partial charge on any atom is 0.146 e. The number of imidazole rings is 1. The monoisotopic (exact) mass is 352 g/mol. The number of pyridine rings is 1. The molecule has 0 bridgehead atoms. The van der Waals surface area contributed by atoms with Gasteiger partial charge in [0.1, 0.15) is 11.6 Å². The van der Waals surface area contributed by atoms with Crippen molar-refractivity contribution in [2.24, 2.45) is 0 Å². The van der Waals surface area contributed by atoms with E-state index in [0.717, 1.165) is 48.4 Å². The molecule has 1 aliphatic heterocycles. The van der Waals surface area contributed by atoms with Crippen LogP contribution in [0.3, 0.4) is 0 Å². The maximum absolute atomic E-state index is 13.4. The molecule has 0 radical (unpaired) electrons. The Morgan fingerprint density at radius 1 is 1.15 bits per heavy atom. The number of rotatable bonds is 4. The smallest absolute Gasteiger partial charge is 0.146 e. The van der Waals surface area contributed by atoms with Crippen molar-refractivity contribution < 1.29 is 9.13 Å². The number of hydrogen-bond donors (Lipinski definition) is 1. The summed E-state index contributed by atoms with van der Waals surface area (Å²) in [5.74, 6) is 0.445. The van der Waals surface area contributed by atoms with Gasteiger partial charge in [-0.2, -0.15) is 0 Å². The first-order valence-corrected chi connectivity index (χ1v) is 8.80. The predicted molar refractivity (Wildman–Crippen MR) is 98.5 cm³/mol. The Balaban J connectivity index is 1.89. The summed E-state index contributed by atoms with van der Waals surface area (Å²) in [6.45, 7) is 1.98. The molecule has 2 aromatic heterocycles. The molecule has 0 spiro atoms. The van der Waals surface area contributed by atoms with Gasteiger partial charge in [-0.3, -0.25) is 4.98 Å². The van der Waals surface area contributed by atoms with Gasteiger partial charge in [0.05, 0.1) is 31.0 Å². The molecule has 4 rings (SSSR count). The Bertz CT molecular complexity index is 885. The number of aromatic nitrogens is 3. The molecule has 134 valence electrons. The van der Waals surface area contributed by atoms with Gasteiger partial charge >= 0.3 is 0 Å². The molecule has 1 aromatic carbocycles. The molecule has 6 heteroatoms. The number of hydrogen-bond acceptors (Lipinski definition) is 4. The van der Waals surface area contributed by atoms with Gasteiger partial charge in [0.15, 0.2) is 0 Å². The SMILES string of the molecule is COc1cnccc1-c1c(-c2ccc(F)cc2)ncn1C1CCNCC1. The van der Waals surface area contributed by atoms with E-state index < -0.39 is 0 Å². The zero-order valence-electron chi connectivity index (χ0n) is 14.7. The topological polar surface area (TPSA) is 52.0 Å². The third-order valence-electron chi connectivity index (χ3n) is 4.87. The molecule has 1 saturated heterocycles. The van der Waals surface area contributed by atoms with Gasteiger partial charge < -0.3 is 14.6 Å². The van der Waals surface area contributed by atoms with Crippen molar-refractivity contribution in [2.45, 2.75) is 18.9 Å². The fourth-order valence-electron chi connectivity index (χ4n) is 3.55. The largest absolute Gasteiger partial charge is 0.494 e. The Hall–Kier alpha value is -2.73. The van der Waals surface area contributed by atoms with E-state index in [1.54, 1.807) is 31.6 Å². The number of nitrogens with one attached hydrogen (secondary N) is 1. The molecular weight excluding hydrogens is 331 g/mol. The molecule has 26 heavy (non-hydrogen) atoms. The molecule has 0 unspecified atom stereocenters. The van der Waals surface area contributed by atoms with Crippen LogP contribution in [0.15, 0.2) is 49.1 Å². The van der Waals surface area contributed by atoms with E-state index in [2.05, 4.69) is 19.9 Å². The second-order valence-electron chi connectivity index (χ2n) is 6.41. The number of methoxy groups -OCH3 is 1.